The predicted octanol–water partition coefficient (Wildman–Crippen LogP) is 1.50. The van der Waals surface area contributed by atoms with E-state index in [1.165, 1.54) is 18.5 Å². The van der Waals surface area contributed by atoms with E-state index in [-0.39, 0.29) is 12.5 Å². The molecule has 1 aliphatic rings. The Morgan fingerprint density at radius 2 is 2.20 bits per heavy atom. The van der Waals surface area contributed by atoms with Gasteiger partial charge in [0.1, 0.15) is 5.41 Å². The highest BCUT2D eigenvalue weighted by molar-refractivity contribution is 6.25. The average molecular weight is 232 g/mol. The van der Waals surface area contributed by atoms with E-state index in [1.54, 1.807) is 0 Å². The van der Waals surface area contributed by atoms with Crippen LogP contribution in [0.25, 0.3) is 0 Å². The largest absolute Gasteiger partial charge is 0.480 e. The summed E-state index contributed by atoms with van der Waals surface area (Å²) in [7, 11) is 0. The van der Waals surface area contributed by atoms with Crippen molar-refractivity contribution in [2.45, 2.75) is 32.2 Å². The summed E-state index contributed by atoms with van der Waals surface area (Å²) in [4.78, 5) is 22.7. The van der Waals surface area contributed by atoms with Gasteiger partial charge in [0.25, 0.3) is 0 Å². The van der Waals surface area contributed by atoms with Crippen LogP contribution >= 0.6 is 11.6 Å². The van der Waals surface area contributed by atoms with Crippen LogP contribution in [-0.2, 0) is 9.59 Å². The van der Waals surface area contributed by atoms with Crippen LogP contribution in [-0.4, -0.2) is 23.0 Å². The molecule has 1 fully saturated rings. The van der Waals surface area contributed by atoms with E-state index in [0.717, 1.165) is 12.8 Å². The van der Waals surface area contributed by atoms with Crippen LogP contribution in [0.5, 0.6) is 0 Å². The van der Waals surface area contributed by atoms with Gasteiger partial charge in [-0.1, -0.05) is 17.7 Å². The third-order valence-electron chi connectivity index (χ3n) is 2.50. The quantitative estimate of drug-likeness (QED) is 0.705. The molecule has 2 N–H and O–H groups in total. The summed E-state index contributed by atoms with van der Waals surface area (Å²) in [6, 6.07) is 0.163. The van der Waals surface area contributed by atoms with E-state index in [4.69, 9.17) is 16.7 Å². The number of hydrogen-bond acceptors (Lipinski definition) is 2. The molecule has 1 aliphatic carbocycles. The van der Waals surface area contributed by atoms with Crippen molar-refractivity contribution in [3.8, 4) is 0 Å². The molecule has 0 aliphatic heterocycles. The minimum atomic E-state index is -1.42. The first-order valence-electron chi connectivity index (χ1n) is 4.80. The lowest BCUT2D eigenvalue weighted by Crippen LogP contribution is -2.45. The monoisotopic (exact) mass is 231 g/mol. The Hall–Kier alpha value is -1.03. The number of carboxylic acids is 1. The first-order chi connectivity index (χ1) is 7.00. The van der Waals surface area contributed by atoms with Gasteiger partial charge in [-0.2, -0.15) is 0 Å². The van der Waals surface area contributed by atoms with Crippen LogP contribution in [0.1, 0.15) is 26.2 Å². The van der Waals surface area contributed by atoms with Gasteiger partial charge >= 0.3 is 5.97 Å². The van der Waals surface area contributed by atoms with E-state index in [2.05, 4.69) is 5.32 Å². The Morgan fingerprint density at radius 3 is 2.60 bits per heavy atom. The lowest BCUT2D eigenvalue weighted by Gasteiger charge is -2.21. The standard InChI is InChI=1S/C10H14ClNO3/c1-10(9(14)15,5-2-6-11)8(13)12-7-3-4-7/h2,6-7H,3-5H2,1H3,(H,12,13)(H,14,15)/b6-2+. The summed E-state index contributed by atoms with van der Waals surface area (Å²) < 4.78 is 0. The number of carboxylic acid groups (broad SMARTS) is 1. The molecule has 0 heterocycles. The number of rotatable bonds is 5. The highest BCUT2D eigenvalue weighted by Crippen LogP contribution is 2.26. The Balaban J connectivity index is 2.68. The molecule has 0 aromatic heterocycles. The zero-order valence-corrected chi connectivity index (χ0v) is 9.25. The molecule has 0 saturated heterocycles. The molecule has 5 heteroatoms. The summed E-state index contributed by atoms with van der Waals surface area (Å²) in [5.41, 5.74) is -0.195. The summed E-state index contributed by atoms with van der Waals surface area (Å²) in [6.07, 6.45) is 3.45. The average Bonchev–Trinajstić information content (AvgIpc) is 2.97. The number of nitrogens with one attached hydrogen (secondary N) is 1. The van der Waals surface area contributed by atoms with Gasteiger partial charge in [-0.3, -0.25) is 9.59 Å². The number of halogens is 1. The maximum absolute atomic E-state index is 11.7. The summed E-state index contributed by atoms with van der Waals surface area (Å²) >= 11 is 5.33. The molecule has 15 heavy (non-hydrogen) atoms. The lowest BCUT2D eigenvalue weighted by molar-refractivity contribution is -0.154. The maximum atomic E-state index is 11.7. The Kier molecular flexibility index (Phi) is 3.74. The van der Waals surface area contributed by atoms with E-state index in [1.807, 2.05) is 0 Å². The Bertz CT molecular complexity index is 299. The van der Waals surface area contributed by atoms with Gasteiger partial charge in [-0.05, 0) is 26.2 Å². The molecule has 1 atom stereocenters. The van der Waals surface area contributed by atoms with Crippen molar-refractivity contribution >= 4 is 23.5 Å². The fourth-order valence-electron chi connectivity index (χ4n) is 1.13. The third kappa shape index (κ3) is 2.96. The zero-order valence-electron chi connectivity index (χ0n) is 8.50. The fourth-order valence-corrected chi connectivity index (χ4v) is 1.22. The topological polar surface area (TPSA) is 66.4 Å². The van der Waals surface area contributed by atoms with Crippen molar-refractivity contribution in [2.75, 3.05) is 0 Å². The molecular weight excluding hydrogens is 218 g/mol. The van der Waals surface area contributed by atoms with Crippen molar-refractivity contribution in [2.24, 2.45) is 5.41 Å². The molecule has 1 unspecified atom stereocenters. The van der Waals surface area contributed by atoms with Gasteiger partial charge in [0.15, 0.2) is 0 Å². The van der Waals surface area contributed by atoms with Gasteiger partial charge < -0.3 is 10.4 Å². The van der Waals surface area contributed by atoms with Crippen LogP contribution in [0.2, 0.25) is 0 Å². The van der Waals surface area contributed by atoms with Gasteiger partial charge in [0.2, 0.25) is 5.91 Å². The van der Waals surface area contributed by atoms with Crippen LogP contribution in [0, 0.1) is 5.41 Å². The second kappa shape index (κ2) is 4.66. The van der Waals surface area contributed by atoms with Crippen LogP contribution in [0.4, 0.5) is 0 Å². The zero-order chi connectivity index (χ0) is 11.5. The van der Waals surface area contributed by atoms with Crippen molar-refractivity contribution in [1.82, 2.24) is 5.32 Å². The molecule has 0 radical (unpaired) electrons. The van der Waals surface area contributed by atoms with Crippen LogP contribution < -0.4 is 5.32 Å². The van der Waals surface area contributed by atoms with E-state index in [0.29, 0.717) is 0 Å². The summed E-state index contributed by atoms with van der Waals surface area (Å²) in [5, 5.41) is 11.7. The molecule has 0 aromatic carbocycles. The van der Waals surface area contributed by atoms with Crippen molar-refractivity contribution in [1.29, 1.82) is 0 Å². The molecule has 0 bridgehead atoms. The van der Waals surface area contributed by atoms with Crippen molar-refractivity contribution in [3.05, 3.63) is 11.6 Å². The molecule has 84 valence electrons. The first-order valence-corrected chi connectivity index (χ1v) is 5.24. The minimum Gasteiger partial charge on any atom is -0.480 e. The first kappa shape index (κ1) is 12.0. The molecule has 4 nitrogen and oxygen atoms in total. The molecular formula is C10H14ClNO3. The molecule has 1 saturated carbocycles. The summed E-state index contributed by atoms with van der Waals surface area (Å²) in [6.45, 7) is 1.41. The van der Waals surface area contributed by atoms with Gasteiger partial charge in [0.05, 0.1) is 0 Å². The Labute approximate surface area is 93.3 Å². The Morgan fingerprint density at radius 1 is 1.60 bits per heavy atom. The molecule has 1 rings (SSSR count). The fraction of sp³-hybridized carbons (Fsp3) is 0.600. The lowest BCUT2D eigenvalue weighted by atomic mass is 9.86. The summed E-state index contributed by atoms with van der Waals surface area (Å²) in [5.74, 6) is -1.57. The highest BCUT2D eigenvalue weighted by Gasteiger charge is 2.42. The predicted molar refractivity (Wildman–Crippen MR) is 56.5 cm³/mol. The van der Waals surface area contributed by atoms with E-state index < -0.39 is 17.3 Å². The second-order valence-electron chi connectivity index (χ2n) is 3.95. The molecule has 1 amide bonds. The number of aliphatic carboxylic acids is 1. The normalized spacial score (nSPS) is 19.9. The smallest absolute Gasteiger partial charge is 0.319 e. The molecule has 0 aromatic rings. The van der Waals surface area contributed by atoms with Crippen LogP contribution in [0.3, 0.4) is 0 Å². The minimum absolute atomic E-state index is 0.102. The maximum Gasteiger partial charge on any atom is 0.319 e. The number of amides is 1. The number of carbonyl (C=O) groups is 2. The number of hydrogen-bond donors (Lipinski definition) is 2. The van der Waals surface area contributed by atoms with Crippen molar-refractivity contribution < 1.29 is 14.7 Å². The van der Waals surface area contributed by atoms with Gasteiger partial charge in [0, 0.05) is 11.6 Å². The number of allylic oxidation sites excluding steroid dienone is 1. The van der Waals surface area contributed by atoms with Crippen molar-refractivity contribution in [3.63, 3.8) is 0 Å². The highest BCUT2D eigenvalue weighted by atomic mass is 35.5. The SMILES string of the molecule is CC(C/C=C/Cl)(C(=O)O)C(=O)NC1CC1. The third-order valence-corrected chi connectivity index (χ3v) is 2.68. The van der Waals surface area contributed by atoms with Gasteiger partial charge in [-0.15, -0.1) is 0 Å². The second-order valence-corrected chi connectivity index (χ2v) is 4.20. The van der Waals surface area contributed by atoms with E-state index >= 15 is 0 Å². The van der Waals surface area contributed by atoms with Gasteiger partial charge in [-0.25, -0.2) is 0 Å². The van der Waals surface area contributed by atoms with E-state index in [9.17, 15) is 9.59 Å². The number of carbonyl (C=O) groups excluding carboxylic acids is 1. The van der Waals surface area contributed by atoms with Crippen LogP contribution in [0.15, 0.2) is 11.6 Å². The molecule has 0 spiro atoms.